The second-order valence-electron chi connectivity index (χ2n) is 5.94. The van der Waals surface area contributed by atoms with Crippen molar-refractivity contribution in [3.05, 3.63) is 0 Å². The molecule has 1 saturated carbocycles. The molecule has 1 saturated heterocycles. The van der Waals surface area contributed by atoms with Crippen LogP contribution in [0, 0.1) is 0 Å². The molecule has 1 atom stereocenters. The summed E-state index contributed by atoms with van der Waals surface area (Å²) in [5, 5.41) is 0. The lowest BCUT2D eigenvalue weighted by atomic mass is 9.75. The first kappa shape index (κ1) is 12.8. The van der Waals surface area contributed by atoms with E-state index in [-0.39, 0.29) is 11.4 Å². The fraction of sp³-hybridized carbons (Fsp3) is 0.923. The molecular weight excluding hydrogens is 214 g/mol. The van der Waals surface area contributed by atoms with Gasteiger partial charge in [-0.1, -0.05) is 0 Å². The van der Waals surface area contributed by atoms with Gasteiger partial charge in [0.05, 0.1) is 0 Å². The fourth-order valence-corrected chi connectivity index (χ4v) is 2.87. The first-order chi connectivity index (χ1) is 8.00. The molecule has 2 aliphatic rings. The molecule has 0 aromatic rings. The van der Waals surface area contributed by atoms with E-state index < -0.39 is 0 Å². The van der Waals surface area contributed by atoms with Gasteiger partial charge in [-0.25, -0.2) is 0 Å². The van der Waals surface area contributed by atoms with Crippen molar-refractivity contribution in [2.75, 3.05) is 27.2 Å². The van der Waals surface area contributed by atoms with Gasteiger partial charge in [-0.15, -0.1) is 0 Å². The second kappa shape index (κ2) is 4.94. The zero-order valence-corrected chi connectivity index (χ0v) is 11.1. The molecule has 4 nitrogen and oxygen atoms in total. The maximum Gasteiger partial charge on any atom is 0.224 e. The molecule has 2 fully saturated rings. The Hall–Kier alpha value is -0.610. The molecule has 2 N–H and O–H groups in total. The third-order valence-corrected chi connectivity index (χ3v) is 4.43. The van der Waals surface area contributed by atoms with E-state index in [1.54, 1.807) is 0 Å². The Morgan fingerprint density at radius 2 is 2.18 bits per heavy atom. The lowest BCUT2D eigenvalue weighted by molar-refractivity contribution is -0.132. The summed E-state index contributed by atoms with van der Waals surface area (Å²) in [7, 11) is 4.06. The van der Waals surface area contributed by atoms with Crippen molar-refractivity contribution in [2.45, 2.75) is 50.1 Å². The summed E-state index contributed by atoms with van der Waals surface area (Å²) < 4.78 is 0. The Balaban J connectivity index is 1.78. The van der Waals surface area contributed by atoms with Gasteiger partial charge in [0.2, 0.25) is 5.91 Å². The Bertz CT molecular complexity index is 288. The largest absolute Gasteiger partial charge is 0.344 e. The predicted molar refractivity (Wildman–Crippen MR) is 68.7 cm³/mol. The van der Waals surface area contributed by atoms with Gasteiger partial charge < -0.3 is 15.5 Å². The van der Waals surface area contributed by atoms with Crippen molar-refractivity contribution in [1.82, 2.24) is 9.80 Å². The van der Waals surface area contributed by atoms with Crippen LogP contribution in [0.1, 0.15) is 38.5 Å². The van der Waals surface area contributed by atoms with E-state index in [1.807, 2.05) is 11.9 Å². The van der Waals surface area contributed by atoms with Crippen LogP contribution in [0.2, 0.25) is 0 Å². The van der Waals surface area contributed by atoms with Crippen molar-refractivity contribution in [3.63, 3.8) is 0 Å². The number of hydrogen-bond acceptors (Lipinski definition) is 3. The minimum absolute atomic E-state index is 0.188. The van der Waals surface area contributed by atoms with Gasteiger partial charge in [0.15, 0.2) is 0 Å². The van der Waals surface area contributed by atoms with Crippen molar-refractivity contribution in [1.29, 1.82) is 0 Å². The summed E-state index contributed by atoms with van der Waals surface area (Å²) in [4.78, 5) is 16.3. The summed E-state index contributed by atoms with van der Waals surface area (Å²) in [6.07, 6.45) is 6.19. The fourth-order valence-electron chi connectivity index (χ4n) is 2.87. The highest BCUT2D eigenvalue weighted by molar-refractivity contribution is 5.77. The molecule has 1 unspecified atom stereocenters. The first-order valence-corrected chi connectivity index (χ1v) is 6.73. The number of carbonyl (C=O) groups is 1. The summed E-state index contributed by atoms with van der Waals surface area (Å²) in [6.45, 7) is 2.01. The van der Waals surface area contributed by atoms with E-state index >= 15 is 0 Å². The molecule has 0 aromatic heterocycles. The van der Waals surface area contributed by atoms with Crippen LogP contribution < -0.4 is 5.73 Å². The number of amides is 1. The predicted octanol–water partition coefficient (Wildman–Crippen LogP) is 0.811. The van der Waals surface area contributed by atoms with Crippen LogP contribution in [0.4, 0.5) is 0 Å². The summed E-state index contributed by atoms with van der Waals surface area (Å²) in [6, 6.07) is 0.541. The van der Waals surface area contributed by atoms with Crippen molar-refractivity contribution >= 4 is 5.91 Å². The molecule has 2 rings (SSSR count). The Morgan fingerprint density at radius 1 is 1.47 bits per heavy atom. The van der Waals surface area contributed by atoms with Gasteiger partial charge in [-0.2, -0.15) is 0 Å². The molecule has 1 heterocycles. The molecule has 1 amide bonds. The van der Waals surface area contributed by atoms with Crippen molar-refractivity contribution in [3.8, 4) is 0 Å². The van der Waals surface area contributed by atoms with Crippen LogP contribution in [0.5, 0.6) is 0 Å². The highest BCUT2D eigenvalue weighted by Crippen LogP contribution is 2.32. The topological polar surface area (TPSA) is 49.6 Å². The van der Waals surface area contributed by atoms with Gasteiger partial charge in [0.1, 0.15) is 0 Å². The molecule has 0 aromatic carbocycles. The molecule has 1 aliphatic carbocycles. The molecule has 1 aliphatic heterocycles. The number of carbonyl (C=O) groups excluding carboxylic acids is 1. The van der Waals surface area contributed by atoms with E-state index in [9.17, 15) is 4.79 Å². The summed E-state index contributed by atoms with van der Waals surface area (Å²) in [5.41, 5.74) is 5.93. The Kier molecular flexibility index (Phi) is 3.73. The number of nitrogens with zero attached hydrogens (tertiary/aromatic N) is 2. The summed E-state index contributed by atoms with van der Waals surface area (Å²) >= 11 is 0. The van der Waals surface area contributed by atoms with Gasteiger partial charge >= 0.3 is 0 Å². The van der Waals surface area contributed by atoms with E-state index in [4.69, 9.17) is 5.73 Å². The van der Waals surface area contributed by atoms with Crippen LogP contribution in [0.15, 0.2) is 0 Å². The standard InChI is InChI=1S/C13H25N3O/c1-15-8-3-5-11(15)10-16(2)12(17)9-13(14)6-4-7-13/h11H,3-10,14H2,1-2H3. The lowest BCUT2D eigenvalue weighted by Crippen LogP contribution is -2.51. The monoisotopic (exact) mass is 239 g/mol. The van der Waals surface area contributed by atoms with Crippen molar-refractivity contribution < 1.29 is 4.79 Å². The van der Waals surface area contributed by atoms with Gasteiger partial charge in [0.25, 0.3) is 0 Å². The van der Waals surface area contributed by atoms with Crippen LogP contribution in [0.3, 0.4) is 0 Å². The third kappa shape index (κ3) is 2.99. The van der Waals surface area contributed by atoms with Gasteiger partial charge in [-0.3, -0.25) is 4.79 Å². The number of likely N-dealkylation sites (N-methyl/N-ethyl adjacent to an activating group) is 2. The first-order valence-electron chi connectivity index (χ1n) is 6.73. The van der Waals surface area contributed by atoms with Crippen molar-refractivity contribution in [2.24, 2.45) is 5.73 Å². The average Bonchev–Trinajstić information content (AvgIpc) is 2.62. The molecule has 4 heteroatoms. The number of nitrogens with two attached hydrogens (primary N) is 1. The van der Waals surface area contributed by atoms with Crippen LogP contribution in [-0.4, -0.2) is 54.5 Å². The minimum atomic E-state index is -0.188. The van der Waals surface area contributed by atoms with Gasteiger partial charge in [0, 0.05) is 31.6 Å². The van der Waals surface area contributed by atoms with E-state index in [1.165, 1.54) is 19.3 Å². The van der Waals surface area contributed by atoms with Crippen LogP contribution in [-0.2, 0) is 4.79 Å². The van der Waals surface area contributed by atoms with Crippen LogP contribution in [0.25, 0.3) is 0 Å². The SMILES string of the molecule is CN(CC1CCCN1C)C(=O)CC1(N)CCC1. The highest BCUT2D eigenvalue weighted by Gasteiger charge is 2.36. The van der Waals surface area contributed by atoms with E-state index in [2.05, 4.69) is 11.9 Å². The quantitative estimate of drug-likeness (QED) is 0.790. The molecule has 0 bridgehead atoms. The molecule has 98 valence electrons. The van der Waals surface area contributed by atoms with Gasteiger partial charge in [-0.05, 0) is 45.7 Å². The normalized spacial score (nSPS) is 27.8. The maximum atomic E-state index is 12.1. The molecule has 0 radical (unpaired) electrons. The van der Waals surface area contributed by atoms with E-state index in [0.717, 1.165) is 25.9 Å². The Labute approximate surface area is 104 Å². The highest BCUT2D eigenvalue weighted by atomic mass is 16.2. The number of likely N-dealkylation sites (tertiary alicyclic amines) is 1. The Morgan fingerprint density at radius 3 is 2.65 bits per heavy atom. The third-order valence-electron chi connectivity index (χ3n) is 4.43. The average molecular weight is 239 g/mol. The number of rotatable bonds is 4. The summed E-state index contributed by atoms with van der Waals surface area (Å²) in [5.74, 6) is 0.215. The smallest absolute Gasteiger partial charge is 0.224 e. The zero-order valence-electron chi connectivity index (χ0n) is 11.1. The van der Waals surface area contributed by atoms with E-state index in [0.29, 0.717) is 12.5 Å². The molecule has 0 spiro atoms. The number of hydrogen-bond donors (Lipinski definition) is 1. The molecular formula is C13H25N3O. The lowest BCUT2D eigenvalue weighted by Gasteiger charge is -2.39. The minimum Gasteiger partial charge on any atom is -0.344 e. The second-order valence-corrected chi connectivity index (χ2v) is 5.94. The zero-order chi connectivity index (χ0) is 12.5. The van der Waals surface area contributed by atoms with Crippen LogP contribution >= 0.6 is 0 Å². The maximum absolute atomic E-state index is 12.1. The molecule has 17 heavy (non-hydrogen) atoms.